The van der Waals surface area contributed by atoms with E-state index < -0.39 is 0 Å². The van der Waals surface area contributed by atoms with E-state index in [2.05, 4.69) is 29.2 Å². The lowest BCUT2D eigenvalue weighted by atomic mass is 9.95. The first kappa shape index (κ1) is 11.0. The van der Waals surface area contributed by atoms with Gasteiger partial charge in [0.25, 0.3) is 0 Å². The lowest BCUT2D eigenvalue weighted by molar-refractivity contribution is 0.669. The maximum Gasteiger partial charge on any atom is 0.137 e. The summed E-state index contributed by atoms with van der Waals surface area (Å²) in [5, 5.41) is 4.69. The van der Waals surface area contributed by atoms with Crippen molar-refractivity contribution in [3.63, 3.8) is 0 Å². The topological polar surface area (TPSA) is 28.9 Å². The van der Waals surface area contributed by atoms with Gasteiger partial charge in [0, 0.05) is 33.1 Å². The molecule has 2 nitrogen and oxygen atoms in total. The lowest BCUT2D eigenvalue weighted by Crippen LogP contribution is -1.98. The van der Waals surface area contributed by atoms with Crippen LogP contribution in [0.15, 0.2) is 59.0 Å². The number of nitrogens with one attached hydrogen (secondary N) is 1. The lowest BCUT2D eigenvalue weighted by Gasteiger charge is -1.94. The zero-order chi connectivity index (χ0) is 14.0. The van der Waals surface area contributed by atoms with Crippen molar-refractivity contribution in [1.82, 2.24) is 4.98 Å². The zero-order valence-corrected chi connectivity index (χ0v) is 11.2. The van der Waals surface area contributed by atoms with Gasteiger partial charge in [-0.15, -0.1) is 0 Å². The third-order valence-corrected chi connectivity index (χ3v) is 4.12. The average molecular weight is 267 g/mol. The Labute approximate surface area is 121 Å². The van der Waals surface area contributed by atoms with E-state index in [9.17, 15) is 0 Å². The Bertz CT molecular complexity index is 1150. The number of aromatic amines is 1. The maximum absolute atomic E-state index is 5.94. The van der Waals surface area contributed by atoms with Gasteiger partial charge < -0.3 is 9.40 Å². The molecule has 0 atom stereocenters. The highest BCUT2D eigenvalue weighted by atomic mass is 16.3. The van der Waals surface area contributed by atoms with Gasteiger partial charge in [-0.05, 0) is 18.2 Å². The van der Waals surface area contributed by atoms with Crippen LogP contribution in [0, 0.1) is 0 Å². The first-order valence-electron chi connectivity index (χ1n) is 6.92. The highest BCUT2D eigenvalue weighted by Crippen LogP contribution is 2.34. The van der Waals surface area contributed by atoms with Gasteiger partial charge in [0.05, 0.1) is 5.52 Å². The average Bonchev–Trinajstić information content (AvgIpc) is 3.01. The van der Waals surface area contributed by atoms with E-state index in [1.54, 1.807) is 0 Å². The fraction of sp³-hybridized carbons (Fsp3) is 0. The largest absolute Gasteiger partial charge is 0.456 e. The van der Waals surface area contributed by atoms with E-state index in [4.69, 9.17) is 12.3 Å². The molecule has 2 radical (unpaired) electrons. The summed E-state index contributed by atoms with van der Waals surface area (Å²) in [6.45, 7) is 0. The van der Waals surface area contributed by atoms with E-state index in [0.717, 1.165) is 38.4 Å². The first-order chi connectivity index (χ1) is 10.3. The molecule has 0 spiro atoms. The summed E-state index contributed by atoms with van der Waals surface area (Å²) in [4.78, 5) is 3.42. The predicted octanol–water partition coefficient (Wildman–Crippen LogP) is 4.01. The van der Waals surface area contributed by atoms with Gasteiger partial charge in [-0.1, -0.05) is 35.8 Å². The summed E-state index contributed by atoms with van der Waals surface area (Å²) in [5.74, 6) is 0. The highest BCUT2D eigenvalue weighted by Gasteiger charge is 2.11. The number of rotatable bonds is 0. The number of H-pyrrole nitrogens is 1. The fourth-order valence-electron chi connectivity index (χ4n) is 3.14. The van der Waals surface area contributed by atoms with Crippen LogP contribution in [0.4, 0.5) is 0 Å². The monoisotopic (exact) mass is 267 g/mol. The summed E-state index contributed by atoms with van der Waals surface area (Å²) in [6.07, 6.45) is 0. The van der Waals surface area contributed by atoms with Gasteiger partial charge in [0.2, 0.25) is 0 Å². The van der Waals surface area contributed by atoms with Crippen molar-refractivity contribution in [3.8, 4) is 0 Å². The van der Waals surface area contributed by atoms with E-state index >= 15 is 0 Å². The summed E-state index contributed by atoms with van der Waals surface area (Å²) < 4.78 is 5.94. The minimum absolute atomic E-state index is 0.767. The van der Waals surface area contributed by atoms with Gasteiger partial charge in [-0.2, -0.15) is 0 Å². The molecule has 2 heterocycles. The molecule has 21 heavy (non-hydrogen) atoms. The van der Waals surface area contributed by atoms with Crippen LogP contribution in [0.25, 0.3) is 43.7 Å². The number of furan rings is 1. The molecule has 2 aromatic heterocycles. The Morgan fingerprint density at radius 1 is 0.714 bits per heavy atom. The smallest absolute Gasteiger partial charge is 0.137 e. The van der Waals surface area contributed by atoms with Crippen molar-refractivity contribution < 1.29 is 4.42 Å². The van der Waals surface area contributed by atoms with Gasteiger partial charge >= 0.3 is 0 Å². The van der Waals surface area contributed by atoms with Crippen LogP contribution >= 0.6 is 0 Å². The number of aromatic nitrogens is 1. The molecule has 0 saturated heterocycles. The quantitative estimate of drug-likeness (QED) is 0.422. The maximum atomic E-state index is 5.94. The number of fused-ring (bicyclic) bond motifs is 6. The molecular weight excluding hydrogens is 257 g/mol. The predicted molar refractivity (Wildman–Crippen MR) is 88.5 cm³/mol. The van der Waals surface area contributed by atoms with Crippen LogP contribution in [0.3, 0.4) is 0 Å². The highest BCUT2D eigenvalue weighted by molar-refractivity contribution is 6.33. The molecule has 3 heteroatoms. The second-order valence-corrected chi connectivity index (χ2v) is 5.42. The molecule has 0 saturated carbocycles. The molecular formula is C18H10BNO. The SMILES string of the molecule is [B]c1ccc2c(c1)[nH]c1cc3oc4ccccc4c3cc12. The third kappa shape index (κ3) is 1.43. The molecule has 3 aromatic carbocycles. The van der Waals surface area contributed by atoms with Crippen molar-refractivity contribution >= 4 is 57.1 Å². The van der Waals surface area contributed by atoms with Crippen LogP contribution in [0.1, 0.15) is 0 Å². The minimum atomic E-state index is 0.767. The Kier molecular flexibility index (Phi) is 1.94. The summed E-state index contributed by atoms with van der Waals surface area (Å²) >= 11 is 0. The molecule has 0 aliphatic heterocycles. The van der Waals surface area contributed by atoms with Crippen LogP contribution in [-0.2, 0) is 0 Å². The van der Waals surface area contributed by atoms with Crippen molar-refractivity contribution in [2.75, 3.05) is 0 Å². The summed E-state index contributed by atoms with van der Waals surface area (Å²) in [7, 11) is 5.86. The molecule has 0 bridgehead atoms. The fourth-order valence-corrected chi connectivity index (χ4v) is 3.14. The van der Waals surface area contributed by atoms with Crippen molar-refractivity contribution in [1.29, 1.82) is 0 Å². The van der Waals surface area contributed by atoms with Crippen LogP contribution in [-0.4, -0.2) is 12.8 Å². The Morgan fingerprint density at radius 2 is 1.57 bits per heavy atom. The van der Waals surface area contributed by atoms with Crippen molar-refractivity contribution in [2.45, 2.75) is 0 Å². The number of benzene rings is 3. The second kappa shape index (κ2) is 3.70. The Balaban J connectivity index is 2.01. The zero-order valence-electron chi connectivity index (χ0n) is 11.2. The molecule has 0 unspecified atom stereocenters. The minimum Gasteiger partial charge on any atom is -0.456 e. The van der Waals surface area contributed by atoms with Crippen LogP contribution < -0.4 is 5.46 Å². The third-order valence-electron chi connectivity index (χ3n) is 4.12. The Hall–Kier alpha value is -2.68. The molecule has 0 aliphatic carbocycles. The van der Waals surface area contributed by atoms with Crippen molar-refractivity contribution in [2.24, 2.45) is 0 Å². The first-order valence-corrected chi connectivity index (χ1v) is 6.92. The molecule has 0 aliphatic rings. The molecule has 1 N–H and O–H groups in total. The Morgan fingerprint density at radius 3 is 2.52 bits per heavy atom. The van der Waals surface area contributed by atoms with Crippen LogP contribution in [0.2, 0.25) is 0 Å². The molecule has 5 aromatic rings. The normalized spacial score (nSPS) is 12.0. The van der Waals surface area contributed by atoms with E-state index in [1.807, 2.05) is 30.3 Å². The summed E-state index contributed by atoms with van der Waals surface area (Å²) in [6, 6.07) is 18.4. The van der Waals surface area contributed by atoms with Gasteiger partial charge in [-0.3, -0.25) is 0 Å². The van der Waals surface area contributed by atoms with E-state index in [1.165, 1.54) is 10.8 Å². The number of para-hydroxylation sites is 1. The summed E-state index contributed by atoms with van der Waals surface area (Å²) in [5.41, 5.74) is 4.73. The van der Waals surface area contributed by atoms with E-state index in [-0.39, 0.29) is 0 Å². The molecule has 5 rings (SSSR count). The van der Waals surface area contributed by atoms with Crippen LogP contribution in [0.5, 0.6) is 0 Å². The van der Waals surface area contributed by atoms with Gasteiger partial charge in [0.1, 0.15) is 19.0 Å². The van der Waals surface area contributed by atoms with E-state index in [0.29, 0.717) is 0 Å². The van der Waals surface area contributed by atoms with Gasteiger partial charge in [0.15, 0.2) is 0 Å². The second-order valence-electron chi connectivity index (χ2n) is 5.42. The molecule has 0 amide bonds. The number of hydrogen-bond acceptors (Lipinski definition) is 1. The standard InChI is InChI=1S/C18H10BNO/c19-10-5-6-11-13-8-14-12-3-1-2-4-17(12)21-18(14)9-16(13)20-15(11)7-10/h1-9,20H. The molecule has 96 valence electrons. The van der Waals surface area contributed by atoms with Crippen molar-refractivity contribution in [3.05, 3.63) is 54.6 Å². The molecule has 0 fully saturated rings. The van der Waals surface area contributed by atoms with Gasteiger partial charge in [-0.25, -0.2) is 0 Å². The number of hydrogen-bond donors (Lipinski definition) is 1.